The molecular weight excluding hydrogens is 287 g/mol. The van der Waals surface area contributed by atoms with E-state index in [4.69, 9.17) is 0 Å². The van der Waals surface area contributed by atoms with E-state index < -0.39 is 0 Å². The first-order valence-corrected chi connectivity index (χ1v) is 6.20. The van der Waals surface area contributed by atoms with Gasteiger partial charge in [-0.15, -0.1) is 0 Å². The maximum atomic E-state index is 10.1. The second-order valence-electron chi connectivity index (χ2n) is 3.58. The summed E-state index contributed by atoms with van der Waals surface area (Å²) in [6.07, 6.45) is 1.76. The van der Waals surface area contributed by atoms with E-state index >= 15 is 0 Å². The van der Waals surface area contributed by atoms with Gasteiger partial charge in [-0.1, -0.05) is 38.8 Å². The second-order valence-corrected chi connectivity index (χ2v) is 4.82. The van der Waals surface area contributed by atoms with Crippen LogP contribution in [0.3, 0.4) is 0 Å². The van der Waals surface area contributed by atoms with Crippen molar-refractivity contribution in [1.82, 2.24) is 0 Å². The van der Waals surface area contributed by atoms with E-state index in [1.165, 1.54) is 3.57 Å². The molecule has 0 aliphatic heterocycles. The normalized spacial score (nSPS) is 13.2. The summed E-state index contributed by atoms with van der Waals surface area (Å²) in [5.41, 5.74) is 1.05. The molecule has 0 aromatic heterocycles. The minimum atomic E-state index is -0.306. The molecule has 14 heavy (non-hydrogen) atoms. The summed E-state index contributed by atoms with van der Waals surface area (Å²) in [5, 5.41) is 10.1. The summed E-state index contributed by atoms with van der Waals surface area (Å²) in [6, 6.07) is 8.11. The number of benzene rings is 1. The quantitative estimate of drug-likeness (QED) is 0.840. The Labute approximate surface area is 99.7 Å². The molecule has 1 N–H and O–H groups in total. The van der Waals surface area contributed by atoms with Gasteiger partial charge in [0.05, 0.1) is 6.10 Å². The summed E-state index contributed by atoms with van der Waals surface area (Å²) >= 11 is 2.28. The van der Waals surface area contributed by atoms with Gasteiger partial charge in [-0.05, 0) is 46.2 Å². The molecule has 1 rings (SSSR count). The van der Waals surface area contributed by atoms with Crippen molar-refractivity contribution >= 4 is 22.6 Å². The van der Waals surface area contributed by atoms with Crippen LogP contribution in [0.5, 0.6) is 0 Å². The second kappa shape index (κ2) is 5.71. The smallest absolute Gasteiger partial charge is 0.0818 e. The minimum Gasteiger partial charge on any atom is -0.388 e. The first-order valence-electron chi connectivity index (χ1n) is 5.12. The lowest BCUT2D eigenvalue weighted by Crippen LogP contribution is -2.10. The Balaban J connectivity index is 2.82. The zero-order chi connectivity index (χ0) is 10.6. The summed E-state index contributed by atoms with van der Waals surface area (Å²) in [6.45, 7) is 4.26. The van der Waals surface area contributed by atoms with Gasteiger partial charge in [0.1, 0.15) is 0 Å². The fourth-order valence-electron chi connectivity index (χ4n) is 1.70. The highest BCUT2D eigenvalue weighted by molar-refractivity contribution is 14.1. The van der Waals surface area contributed by atoms with Crippen LogP contribution >= 0.6 is 22.6 Å². The predicted molar refractivity (Wildman–Crippen MR) is 68.2 cm³/mol. The van der Waals surface area contributed by atoms with Gasteiger partial charge in [0, 0.05) is 3.57 Å². The molecule has 0 bridgehead atoms. The van der Waals surface area contributed by atoms with E-state index in [0.29, 0.717) is 5.92 Å². The van der Waals surface area contributed by atoms with Crippen molar-refractivity contribution in [2.45, 2.75) is 32.8 Å². The zero-order valence-electron chi connectivity index (χ0n) is 8.70. The number of hydrogen-bond acceptors (Lipinski definition) is 1. The number of hydrogen-bond donors (Lipinski definition) is 1. The van der Waals surface area contributed by atoms with Crippen LogP contribution in [0.15, 0.2) is 24.3 Å². The minimum absolute atomic E-state index is 0.306. The van der Waals surface area contributed by atoms with Gasteiger partial charge < -0.3 is 5.11 Å². The fourth-order valence-corrected chi connectivity index (χ4v) is 2.27. The van der Waals surface area contributed by atoms with Crippen LogP contribution in [-0.4, -0.2) is 5.11 Å². The van der Waals surface area contributed by atoms with Crippen molar-refractivity contribution in [3.63, 3.8) is 0 Å². The van der Waals surface area contributed by atoms with Gasteiger partial charge >= 0.3 is 0 Å². The third kappa shape index (κ3) is 2.95. The summed E-state index contributed by atoms with van der Waals surface area (Å²) in [4.78, 5) is 0. The lowest BCUT2D eigenvalue weighted by molar-refractivity contribution is 0.103. The maximum Gasteiger partial charge on any atom is 0.0818 e. The molecule has 1 unspecified atom stereocenters. The highest BCUT2D eigenvalue weighted by Gasteiger charge is 2.17. The van der Waals surface area contributed by atoms with Crippen molar-refractivity contribution < 1.29 is 5.11 Å². The number of halogens is 1. The number of aliphatic hydroxyl groups is 1. The van der Waals surface area contributed by atoms with E-state index in [0.717, 1.165) is 18.4 Å². The molecule has 1 aromatic carbocycles. The van der Waals surface area contributed by atoms with Gasteiger partial charge in [-0.3, -0.25) is 0 Å². The monoisotopic (exact) mass is 304 g/mol. The molecular formula is C12H17IO. The van der Waals surface area contributed by atoms with Crippen molar-refractivity contribution in [1.29, 1.82) is 0 Å². The Kier molecular flexibility index (Phi) is 4.89. The molecule has 1 nitrogen and oxygen atoms in total. The molecule has 1 atom stereocenters. The van der Waals surface area contributed by atoms with Crippen molar-refractivity contribution in [2.24, 2.45) is 5.92 Å². The third-order valence-corrected chi connectivity index (χ3v) is 3.36. The average Bonchev–Trinajstić information content (AvgIpc) is 2.19. The molecule has 0 fully saturated rings. The summed E-state index contributed by atoms with van der Waals surface area (Å²) in [7, 11) is 0. The van der Waals surface area contributed by atoms with Gasteiger partial charge in [0.2, 0.25) is 0 Å². The van der Waals surface area contributed by atoms with Crippen molar-refractivity contribution in [2.75, 3.05) is 0 Å². The van der Waals surface area contributed by atoms with Gasteiger partial charge in [-0.2, -0.15) is 0 Å². The lowest BCUT2D eigenvalue weighted by Gasteiger charge is -2.20. The highest BCUT2D eigenvalue weighted by Crippen LogP contribution is 2.27. The molecule has 78 valence electrons. The fraction of sp³-hybridized carbons (Fsp3) is 0.500. The number of aliphatic hydroxyl groups excluding tert-OH is 1. The van der Waals surface area contributed by atoms with E-state index in [9.17, 15) is 5.11 Å². The molecule has 0 aliphatic rings. The molecule has 0 saturated heterocycles. The Morgan fingerprint density at radius 1 is 1.29 bits per heavy atom. The summed E-state index contributed by atoms with van der Waals surface area (Å²) < 4.78 is 1.19. The first-order chi connectivity index (χ1) is 6.69. The van der Waals surface area contributed by atoms with Gasteiger partial charge in [0.25, 0.3) is 0 Å². The lowest BCUT2D eigenvalue weighted by atomic mass is 9.91. The predicted octanol–water partition coefficient (Wildman–Crippen LogP) is 3.76. The zero-order valence-corrected chi connectivity index (χ0v) is 10.9. The Bertz CT molecular complexity index is 281. The van der Waals surface area contributed by atoms with E-state index in [2.05, 4.69) is 42.5 Å². The molecule has 0 spiro atoms. The third-order valence-electron chi connectivity index (χ3n) is 2.69. The number of rotatable bonds is 4. The molecule has 0 heterocycles. The largest absolute Gasteiger partial charge is 0.388 e. The Morgan fingerprint density at radius 2 is 1.93 bits per heavy atom. The SMILES string of the molecule is CCC(CC)C(O)c1cccc(I)c1. The van der Waals surface area contributed by atoms with Crippen LogP contribution in [0, 0.1) is 9.49 Å². The molecule has 0 aliphatic carbocycles. The van der Waals surface area contributed by atoms with Crippen molar-refractivity contribution in [3.05, 3.63) is 33.4 Å². The maximum absolute atomic E-state index is 10.1. The van der Waals surface area contributed by atoms with Crippen LogP contribution in [0.1, 0.15) is 38.4 Å². The molecule has 1 aromatic rings. The molecule has 0 saturated carbocycles. The van der Waals surface area contributed by atoms with E-state index in [1.54, 1.807) is 0 Å². The Morgan fingerprint density at radius 3 is 2.43 bits per heavy atom. The van der Waals surface area contributed by atoms with Gasteiger partial charge in [-0.25, -0.2) is 0 Å². The standard InChI is InChI=1S/C12H17IO/c1-3-9(4-2)12(14)10-6-5-7-11(13)8-10/h5-9,12,14H,3-4H2,1-2H3. The molecule has 0 radical (unpaired) electrons. The van der Waals surface area contributed by atoms with Crippen LogP contribution in [0.25, 0.3) is 0 Å². The van der Waals surface area contributed by atoms with Crippen LogP contribution in [-0.2, 0) is 0 Å². The van der Waals surface area contributed by atoms with E-state index in [-0.39, 0.29) is 6.10 Å². The molecule has 2 heteroatoms. The van der Waals surface area contributed by atoms with Crippen molar-refractivity contribution in [3.8, 4) is 0 Å². The van der Waals surface area contributed by atoms with Gasteiger partial charge in [0.15, 0.2) is 0 Å². The first kappa shape index (κ1) is 12.0. The highest BCUT2D eigenvalue weighted by atomic mass is 127. The molecule has 0 amide bonds. The summed E-state index contributed by atoms with van der Waals surface area (Å²) in [5.74, 6) is 0.383. The van der Waals surface area contributed by atoms with Crippen LogP contribution < -0.4 is 0 Å². The van der Waals surface area contributed by atoms with Crippen LogP contribution in [0.4, 0.5) is 0 Å². The Hall–Kier alpha value is -0.0900. The average molecular weight is 304 g/mol. The van der Waals surface area contributed by atoms with Crippen LogP contribution in [0.2, 0.25) is 0 Å². The van der Waals surface area contributed by atoms with E-state index in [1.807, 2.05) is 18.2 Å². The topological polar surface area (TPSA) is 20.2 Å².